The molecule has 0 aromatic rings. The maximum atomic E-state index is 5.65. The SMILES string of the molecule is CCCCCC1=NCCOC[N+]12CCOC2. The third kappa shape index (κ3) is 2.62. The summed E-state index contributed by atoms with van der Waals surface area (Å²) in [6.07, 6.45) is 4.91. The summed E-state index contributed by atoms with van der Waals surface area (Å²) < 4.78 is 12.0. The van der Waals surface area contributed by atoms with E-state index >= 15 is 0 Å². The van der Waals surface area contributed by atoms with Crippen molar-refractivity contribution in [2.24, 2.45) is 4.99 Å². The third-order valence-corrected chi connectivity index (χ3v) is 3.42. The molecule has 0 aromatic heterocycles. The van der Waals surface area contributed by atoms with Crippen molar-refractivity contribution in [2.45, 2.75) is 32.6 Å². The van der Waals surface area contributed by atoms with E-state index in [4.69, 9.17) is 14.5 Å². The molecule has 0 radical (unpaired) electrons. The molecule has 1 fully saturated rings. The minimum absolute atomic E-state index is 0.755. The summed E-state index contributed by atoms with van der Waals surface area (Å²) in [6, 6.07) is 0. The number of amidine groups is 1. The molecule has 0 aliphatic carbocycles. The number of nitrogens with zero attached hydrogens (tertiary/aromatic N) is 2. The topological polar surface area (TPSA) is 30.8 Å². The zero-order valence-corrected chi connectivity index (χ0v) is 10.3. The summed E-state index contributed by atoms with van der Waals surface area (Å²) in [5.41, 5.74) is 0. The van der Waals surface area contributed by atoms with Gasteiger partial charge in [0.05, 0.1) is 13.2 Å². The Balaban J connectivity index is 2.00. The lowest BCUT2D eigenvalue weighted by Crippen LogP contribution is -2.51. The lowest BCUT2D eigenvalue weighted by molar-refractivity contribution is -0.860. The number of hydrogen-bond donors (Lipinski definition) is 0. The highest BCUT2D eigenvalue weighted by Gasteiger charge is 2.39. The highest BCUT2D eigenvalue weighted by Crippen LogP contribution is 2.21. The van der Waals surface area contributed by atoms with Crippen molar-refractivity contribution in [3.8, 4) is 0 Å². The van der Waals surface area contributed by atoms with Crippen molar-refractivity contribution in [2.75, 3.05) is 39.8 Å². The molecule has 92 valence electrons. The predicted molar refractivity (Wildman–Crippen MR) is 63.2 cm³/mol. The number of rotatable bonds is 4. The van der Waals surface area contributed by atoms with Gasteiger partial charge < -0.3 is 9.47 Å². The first-order chi connectivity index (χ1) is 7.87. The maximum Gasteiger partial charge on any atom is 0.202 e. The second-order valence-corrected chi connectivity index (χ2v) is 4.70. The van der Waals surface area contributed by atoms with E-state index in [1.54, 1.807) is 0 Å². The van der Waals surface area contributed by atoms with Crippen LogP contribution in [0.1, 0.15) is 32.6 Å². The molecule has 0 N–H and O–H groups in total. The zero-order valence-electron chi connectivity index (χ0n) is 10.3. The zero-order chi connectivity index (χ0) is 11.3. The summed E-state index contributed by atoms with van der Waals surface area (Å²) in [7, 11) is 0. The van der Waals surface area contributed by atoms with Gasteiger partial charge in [0.25, 0.3) is 0 Å². The monoisotopic (exact) mass is 227 g/mol. The second kappa shape index (κ2) is 5.75. The average molecular weight is 227 g/mol. The summed E-state index contributed by atoms with van der Waals surface area (Å²) >= 11 is 0. The Labute approximate surface area is 97.8 Å². The van der Waals surface area contributed by atoms with Gasteiger partial charge in [0.15, 0.2) is 13.5 Å². The highest BCUT2D eigenvalue weighted by atomic mass is 16.5. The van der Waals surface area contributed by atoms with Crippen LogP contribution in [0.25, 0.3) is 0 Å². The van der Waals surface area contributed by atoms with Crippen LogP contribution in [0.15, 0.2) is 4.99 Å². The summed E-state index contributed by atoms with van der Waals surface area (Å²) in [5, 5.41) is 0. The molecule has 2 aliphatic rings. The first-order valence-electron chi connectivity index (χ1n) is 6.43. The van der Waals surface area contributed by atoms with Gasteiger partial charge in [-0.25, -0.2) is 9.48 Å². The number of quaternary nitrogens is 1. The van der Waals surface area contributed by atoms with Crippen molar-refractivity contribution in [3.63, 3.8) is 0 Å². The molecule has 0 bridgehead atoms. The molecule has 1 unspecified atom stereocenters. The molecule has 16 heavy (non-hydrogen) atoms. The van der Waals surface area contributed by atoms with Gasteiger partial charge in [-0.2, -0.15) is 0 Å². The van der Waals surface area contributed by atoms with Crippen LogP contribution in [0.3, 0.4) is 0 Å². The van der Waals surface area contributed by atoms with Gasteiger partial charge in [-0.3, -0.25) is 0 Å². The van der Waals surface area contributed by atoms with Gasteiger partial charge >= 0.3 is 0 Å². The Morgan fingerprint density at radius 3 is 2.69 bits per heavy atom. The van der Waals surface area contributed by atoms with Crippen molar-refractivity contribution in [3.05, 3.63) is 0 Å². The molecule has 4 heteroatoms. The molecular weight excluding hydrogens is 204 g/mol. The average Bonchev–Trinajstić information content (AvgIpc) is 2.67. The van der Waals surface area contributed by atoms with E-state index in [1.165, 1.54) is 25.1 Å². The minimum atomic E-state index is 0.755. The fourth-order valence-electron chi connectivity index (χ4n) is 2.40. The van der Waals surface area contributed by atoms with Crippen LogP contribution < -0.4 is 0 Å². The van der Waals surface area contributed by atoms with Crippen molar-refractivity contribution < 1.29 is 14.0 Å². The van der Waals surface area contributed by atoms with E-state index in [1.807, 2.05) is 0 Å². The molecule has 2 rings (SSSR count). The molecule has 2 heterocycles. The Morgan fingerprint density at radius 1 is 1.19 bits per heavy atom. The van der Waals surface area contributed by atoms with Gasteiger partial charge in [-0.05, 0) is 6.42 Å². The normalized spacial score (nSPS) is 30.4. The molecule has 1 atom stereocenters. The Kier molecular flexibility index (Phi) is 4.32. The molecule has 1 spiro atoms. The van der Waals surface area contributed by atoms with Crippen LogP contribution in [0, 0.1) is 0 Å². The van der Waals surface area contributed by atoms with E-state index in [0.717, 1.165) is 50.7 Å². The molecule has 0 amide bonds. The Hall–Kier alpha value is -0.450. The van der Waals surface area contributed by atoms with Crippen molar-refractivity contribution in [1.29, 1.82) is 0 Å². The van der Waals surface area contributed by atoms with E-state index in [9.17, 15) is 0 Å². The fourth-order valence-corrected chi connectivity index (χ4v) is 2.40. The molecule has 1 saturated heterocycles. The number of ether oxygens (including phenoxy) is 2. The van der Waals surface area contributed by atoms with E-state index < -0.39 is 0 Å². The standard InChI is InChI=1S/C12H23N2O2/c1-2-3-4-5-12-13-6-8-15-10-14(12)7-9-16-11-14/h2-11H2,1H3/q+1. The summed E-state index contributed by atoms with van der Waals surface area (Å²) in [6.45, 7) is 7.21. The smallest absolute Gasteiger partial charge is 0.202 e. The van der Waals surface area contributed by atoms with Gasteiger partial charge in [0, 0.05) is 6.42 Å². The van der Waals surface area contributed by atoms with Crippen LogP contribution >= 0.6 is 0 Å². The lowest BCUT2D eigenvalue weighted by atomic mass is 10.1. The second-order valence-electron chi connectivity index (χ2n) is 4.70. The van der Waals surface area contributed by atoms with Crippen molar-refractivity contribution in [1.82, 2.24) is 0 Å². The van der Waals surface area contributed by atoms with Gasteiger partial charge in [0.1, 0.15) is 13.2 Å². The fraction of sp³-hybridized carbons (Fsp3) is 0.917. The molecule has 2 aliphatic heterocycles. The van der Waals surface area contributed by atoms with Crippen LogP contribution in [-0.2, 0) is 9.47 Å². The van der Waals surface area contributed by atoms with Gasteiger partial charge in [0.2, 0.25) is 5.84 Å². The first kappa shape index (κ1) is 12.0. The summed E-state index contributed by atoms with van der Waals surface area (Å²) in [5.74, 6) is 1.31. The van der Waals surface area contributed by atoms with E-state index in [0.29, 0.717) is 0 Å². The van der Waals surface area contributed by atoms with Gasteiger partial charge in [-0.1, -0.05) is 19.8 Å². The Bertz CT molecular complexity index is 247. The van der Waals surface area contributed by atoms with E-state index in [-0.39, 0.29) is 0 Å². The number of aliphatic imine (C=N–C) groups is 1. The van der Waals surface area contributed by atoms with Gasteiger partial charge in [-0.15, -0.1) is 0 Å². The Morgan fingerprint density at radius 2 is 2.00 bits per heavy atom. The van der Waals surface area contributed by atoms with E-state index in [2.05, 4.69) is 6.92 Å². The van der Waals surface area contributed by atoms with Crippen LogP contribution in [0.4, 0.5) is 0 Å². The maximum absolute atomic E-state index is 5.65. The quantitative estimate of drug-likeness (QED) is 0.541. The largest absolute Gasteiger partial charge is 0.329 e. The first-order valence-corrected chi connectivity index (χ1v) is 6.43. The third-order valence-electron chi connectivity index (χ3n) is 3.42. The highest BCUT2D eigenvalue weighted by molar-refractivity contribution is 5.75. The molecule has 0 aromatic carbocycles. The predicted octanol–water partition coefficient (Wildman–Crippen LogP) is 1.76. The molecule has 0 saturated carbocycles. The minimum Gasteiger partial charge on any atom is -0.329 e. The lowest BCUT2D eigenvalue weighted by Gasteiger charge is -2.30. The van der Waals surface area contributed by atoms with Crippen molar-refractivity contribution >= 4 is 5.84 Å². The molecular formula is C12H23N2O2+. The van der Waals surface area contributed by atoms with Crippen LogP contribution in [0.2, 0.25) is 0 Å². The van der Waals surface area contributed by atoms with Crippen LogP contribution in [-0.4, -0.2) is 50.1 Å². The summed E-state index contributed by atoms with van der Waals surface area (Å²) in [4.78, 5) is 4.71. The number of unbranched alkanes of at least 4 members (excludes halogenated alkanes) is 2. The molecule has 4 nitrogen and oxygen atoms in total. The van der Waals surface area contributed by atoms with Crippen LogP contribution in [0.5, 0.6) is 0 Å². The number of hydrogen-bond acceptors (Lipinski definition) is 3.